The van der Waals surface area contributed by atoms with Gasteiger partial charge in [0.2, 0.25) is 0 Å². The Morgan fingerprint density at radius 1 is 1.12 bits per heavy atom. The van der Waals surface area contributed by atoms with Gasteiger partial charge in [0.1, 0.15) is 5.75 Å². The van der Waals surface area contributed by atoms with Gasteiger partial charge in [-0.25, -0.2) is 0 Å². The monoisotopic (exact) mass is 346 g/mol. The molecule has 0 bridgehead atoms. The summed E-state index contributed by atoms with van der Waals surface area (Å²) in [6, 6.07) is 14.8. The van der Waals surface area contributed by atoms with Crippen LogP contribution < -0.4 is 15.0 Å². The fraction of sp³-hybridized carbons (Fsp3) is 0.278. The Morgan fingerprint density at radius 2 is 1.83 bits per heavy atom. The number of halogens is 1. The summed E-state index contributed by atoms with van der Waals surface area (Å²) < 4.78 is 10.8. The van der Waals surface area contributed by atoms with Gasteiger partial charge in [-0.1, -0.05) is 23.7 Å². The number of carbonyl (C=O) groups is 1. The first-order valence-corrected chi connectivity index (χ1v) is 8.20. The molecule has 0 unspecified atom stereocenters. The van der Waals surface area contributed by atoms with Gasteiger partial charge in [0, 0.05) is 24.5 Å². The normalized spacial score (nSPS) is 14.3. The van der Waals surface area contributed by atoms with Crippen molar-refractivity contribution in [2.45, 2.75) is 0 Å². The second kappa shape index (κ2) is 8.04. The fourth-order valence-corrected chi connectivity index (χ4v) is 2.67. The van der Waals surface area contributed by atoms with E-state index in [4.69, 9.17) is 21.1 Å². The summed E-state index contributed by atoms with van der Waals surface area (Å²) in [7, 11) is 0. The maximum Gasteiger partial charge on any atom is 0.262 e. The van der Waals surface area contributed by atoms with E-state index in [2.05, 4.69) is 10.2 Å². The zero-order valence-electron chi connectivity index (χ0n) is 13.2. The van der Waals surface area contributed by atoms with E-state index in [-0.39, 0.29) is 12.5 Å². The lowest BCUT2D eigenvalue weighted by molar-refractivity contribution is -0.118. The Morgan fingerprint density at radius 3 is 2.54 bits per heavy atom. The number of morpholine rings is 1. The van der Waals surface area contributed by atoms with Crippen LogP contribution in [0.5, 0.6) is 5.75 Å². The number of ether oxygens (including phenoxy) is 2. The van der Waals surface area contributed by atoms with Crippen LogP contribution in [0.15, 0.2) is 48.5 Å². The minimum atomic E-state index is -0.228. The van der Waals surface area contributed by atoms with Gasteiger partial charge in [0.05, 0.1) is 18.2 Å². The molecular weight excluding hydrogens is 328 g/mol. The van der Waals surface area contributed by atoms with Crippen LogP contribution in [0.25, 0.3) is 0 Å². The number of rotatable bonds is 5. The molecule has 1 amide bonds. The topological polar surface area (TPSA) is 50.8 Å². The van der Waals surface area contributed by atoms with Crippen LogP contribution in [0.3, 0.4) is 0 Å². The fourth-order valence-electron chi connectivity index (χ4n) is 2.48. The van der Waals surface area contributed by atoms with E-state index in [1.807, 2.05) is 36.4 Å². The smallest absolute Gasteiger partial charge is 0.262 e. The summed E-state index contributed by atoms with van der Waals surface area (Å²) in [5, 5.41) is 3.30. The van der Waals surface area contributed by atoms with Crippen molar-refractivity contribution in [1.82, 2.24) is 0 Å². The first kappa shape index (κ1) is 16.6. The lowest BCUT2D eigenvalue weighted by Crippen LogP contribution is -2.36. The number of hydrogen-bond acceptors (Lipinski definition) is 4. The van der Waals surface area contributed by atoms with Gasteiger partial charge in [-0.3, -0.25) is 4.79 Å². The van der Waals surface area contributed by atoms with E-state index < -0.39 is 0 Å². The molecule has 0 aliphatic carbocycles. The summed E-state index contributed by atoms with van der Waals surface area (Å²) in [5.41, 5.74) is 1.86. The number of benzene rings is 2. The second-order valence-electron chi connectivity index (χ2n) is 5.41. The minimum absolute atomic E-state index is 0.0883. The Bertz CT molecular complexity index is 685. The SMILES string of the molecule is O=C(COc1ccccc1Cl)Nc1ccc(N2CCOCC2)cc1. The Labute approximate surface area is 146 Å². The van der Waals surface area contributed by atoms with Crippen molar-refractivity contribution in [3.05, 3.63) is 53.6 Å². The van der Waals surface area contributed by atoms with Crippen LogP contribution in [0.1, 0.15) is 0 Å². The summed E-state index contributed by atoms with van der Waals surface area (Å²) in [5.74, 6) is 0.269. The van der Waals surface area contributed by atoms with Gasteiger partial charge in [-0.05, 0) is 36.4 Å². The zero-order valence-corrected chi connectivity index (χ0v) is 14.0. The van der Waals surface area contributed by atoms with Crippen molar-refractivity contribution in [1.29, 1.82) is 0 Å². The summed E-state index contributed by atoms with van der Waals surface area (Å²) in [6.07, 6.45) is 0. The van der Waals surface area contributed by atoms with Gasteiger partial charge in [0.25, 0.3) is 5.91 Å². The maximum atomic E-state index is 12.0. The van der Waals surface area contributed by atoms with E-state index >= 15 is 0 Å². The highest BCUT2D eigenvalue weighted by molar-refractivity contribution is 6.32. The Balaban J connectivity index is 1.52. The molecule has 2 aromatic rings. The molecule has 5 nitrogen and oxygen atoms in total. The molecular formula is C18H19ClN2O3. The molecule has 6 heteroatoms. The molecule has 2 aromatic carbocycles. The molecule has 1 aliphatic heterocycles. The lowest BCUT2D eigenvalue weighted by Gasteiger charge is -2.28. The molecule has 1 aliphatic rings. The van der Waals surface area contributed by atoms with Crippen LogP contribution >= 0.6 is 11.6 Å². The Hall–Kier alpha value is -2.24. The molecule has 0 spiro atoms. The number of carbonyl (C=O) groups excluding carboxylic acids is 1. The van der Waals surface area contributed by atoms with Gasteiger partial charge >= 0.3 is 0 Å². The van der Waals surface area contributed by atoms with Crippen LogP contribution in [-0.4, -0.2) is 38.8 Å². The first-order valence-electron chi connectivity index (χ1n) is 7.82. The molecule has 1 heterocycles. The largest absolute Gasteiger partial charge is 0.482 e. The van der Waals surface area contributed by atoms with E-state index in [0.717, 1.165) is 37.7 Å². The van der Waals surface area contributed by atoms with E-state index in [9.17, 15) is 4.79 Å². The highest BCUT2D eigenvalue weighted by Gasteiger charge is 2.11. The number of hydrogen-bond donors (Lipinski definition) is 1. The summed E-state index contributed by atoms with van der Waals surface area (Å²) >= 11 is 5.99. The zero-order chi connectivity index (χ0) is 16.8. The van der Waals surface area contributed by atoms with Gasteiger partial charge < -0.3 is 19.7 Å². The summed E-state index contributed by atoms with van der Waals surface area (Å²) in [6.45, 7) is 3.18. The number of nitrogens with zero attached hydrogens (tertiary/aromatic N) is 1. The van der Waals surface area contributed by atoms with Crippen LogP contribution in [0.2, 0.25) is 5.02 Å². The van der Waals surface area contributed by atoms with Crippen LogP contribution in [-0.2, 0) is 9.53 Å². The van der Waals surface area contributed by atoms with Crippen molar-refractivity contribution in [2.75, 3.05) is 43.1 Å². The molecule has 0 aromatic heterocycles. The van der Waals surface area contributed by atoms with E-state index in [1.165, 1.54) is 0 Å². The minimum Gasteiger partial charge on any atom is -0.482 e. The molecule has 0 atom stereocenters. The van der Waals surface area contributed by atoms with Gasteiger partial charge in [-0.15, -0.1) is 0 Å². The number of anilines is 2. The van der Waals surface area contributed by atoms with E-state index in [0.29, 0.717) is 10.8 Å². The molecule has 1 fully saturated rings. The predicted octanol–water partition coefficient (Wildman–Crippen LogP) is 3.19. The average molecular weight is 347 g/mol. The van der Waals surface area contributed by atoms with Crippen LogP contribution in [0.4, 0.5) is 11.4 Å². The third kappa shape index (κ3) is 4.40. The van der Waals surface area contributed by atoms with Crippen molar-refractivity contribution >= 4 is 28.9 Å². The van der Waals surface area contributed by atoms with Crippen molar-refractivity contribution in [3.8, 4) is 5.75 Å². The maximum absolute atomic E-state index is 12.0. The third-order valence-corrected chi connectivity index (χ3v) is 4.03. The van der Waals surface area contributed by atoms with Crippen molar-refractivity contribution in [2.24, 2.45) is 0 Å². The second-order valence-corrected chi connectivity index (χ2v) is 5.82. The quantitative estimate of drug-likeness (QED) is 0.903. The number of para-hydroxylation sites is 1. The molecule has 24 heavy (non-hydrogen) atoms. The number of nitrogens with one attached hydrogen (secondary N) is 1. The molecule has 0 saturated carbocycles. The molecule has 1 N–H and O–H groups in total. The first-order chi connectivity index (χ1) is 11.7. The number of amides is 1. The molecule has 0 radical (unpaired) electrons. The van der Waals surface area contributed by atoms with E-state index in [1.54, 1.807) is 12.1 Å². The lowest BCUT2D eigenvalue weighted by atomic mass is 10.2. The Kier molecular flexibility index (Phi) is 5.56. The van der Waals surface area contributed by atoms with Gasteiger partial charge in [-0.2, -0.15) is 0 Å². The van der Waals surface area contributed by atoms with Crippen molar-refractivity contribution < 1.29 is 14.3 Å². The molecule has 3 rings (SSSR count). The molecule has 1 saturated heterocycles. The molecule has 126 valence electrons. The predicted molar refractivity (Wildman–Crippen MR) is 95.1 cm³/mol. The highest BCUT2D eigenvalue weighted by Crippen LogP contribution is 2.23. The van der Waals surface area contributed by atoms with Crippen molar-refractivity contribution in [3.63, 3.8) is 0 Å². The standard InChI is InChI=1S/C18H19ClN2O3/c19-16-3-1-2-4-17(16)24-13-18(22)20-14-5-7-15(8-6-14)21-9-11-23-12-10-21/h1-8H,9-13H2,(H,20,22). The van der Waals surface area contributed by atoms with Crippen LogP contribution in [0, 0.1) is 0 Å². The third-order valence-electron chi connectivity index (χ3n) is 3.72. The average Bonchev–Trinajstić information content (AvgIpc) is 2.62. The van der Waals surface area contributed by atoms with Gasteiger partial charge in [0.15, 0.2) is 6.61 Å². The highest BCUT2D eigenvalue weighted by atomic mass is 35.5. The summed E-state index contributed by atoms with van der Waals surface area (Å²) in [4.78, 5) is 14.2.